The third-order valence-corrected chi connectivity index (χ3v) is 4.27. The summed E-state index contributed by atoms with van der Waals surface area (Å²) in [6.45, 7) is 3.03. The van der Waals surface area contributed by atoms with E-state index in [9.17, 15) is 23.1 Å². The molecule has 0 aliphatic carbocycles. The zero-order valence-corrected chi connectivity index (χ0v) is 17.6. The fraction of sp³-hybridized carbons (Fsp3) is 0.217. The van der Waals surface area contributed by atoms with Crippen molar-refractivity contribution >= 4 is 5.91 Å². The molecule has 0 saturated heterocycles. The van der Waals surface area contributed by atoms with Crippen LogP contribution < -0.4 is 10.1 Å². The number of rotatable bonds is 6. The maximum atomic E-state index is 12.7. The van der Waals surface area contributed by atoms with Gasteiger partial charge in [-0.1, -0.05) is 12.1 Å². The van der Waals surface area contributed by atoms with Crippen molar-refractivity contribution in [3.8, 4) is 34.5 Å². The molecule has 10 heteroatoms. The Kier molecular flexibility index (Phi) is 6.65. The van der Waals surface area contributed by atoms with Crippen molar-refractivity contribution in [2.24, 2.45) is 0 Å². The van der Waals surface area contributed by atoms with Crippen molar-refractivity contribution in [3.05, 3.63) is 65.9 Å². The number of aliphatic hydroxyl groups is 1. The van der Waals surface area contributed by atoms with Crippen molar-refractivity contribution in [1.82, 2.24) is 15.3 Å². The van der Waals surface area contributed by atoms with Gasteiger partial charge in [0.2, 0.25) is 0 Å². The van der Waals surface area contributed by atoms with Gasteiger partial charge in [0.1, 0.15) is 11.4 Å². The molecule has 0 atom stereocenters. The fourth-order valence-corrected chi connectivity index (χ4v) is 2.78. The molecule has 33 heavy (non-hydrogen) atoms. The fourth-order valence-electron chi connectivity index (χ4n) is 2.78. The maximum absolute atomic E-state index is 12.7. The number of ether oxygens (including phenoxy) is 1. The normalized spacial score (nSPS) is 11.5. The highest BCUT2D eigenvalue weighted by molar-refractivity contribution is 5.93. The molecular formula is C23H19F3N4O3. The lowest BCUT2D eigenvalue weighted by Gasteiger charge is -2.17. The van der Waals surface area contributed by atoms with Crippen LogP contribution in [-0.4, -0.2) is 39.5 Å². The molecule has 2 aromatic carbocycles. The molecule has 1 aromatic heterocycles. The Balaban J connectivity index is 2.03. The summed E-state index contributed by atoms with van der Waals surface area (Å²) in [7, 11) is 0. The van der Waals surface area contributed by atoms with Gasteiger partial charge >= 0.3 is 6.36 Å². The second-order valence-electron chi connectivity index (χ2n) is 7.72. The number of nitriles is 1. The predicted octanol–water partition coefficient (Wildman–Crippen LogP) is 4.08. The van der Waals surface area contributed by atoms with E-state index in [1.54, 1.807) is 24.3 Å². The van der Waals surface area contributed by atoms with E-state index in [0.29, 0.717) is 16.7 Å². The second kappa shape index (κ2) is 9.26. The topological polar surface area (TPSA) is 108 Å². The number of nitrogens with zero attached hydrogens (tertiary/aromatic N) is 3. The minimum absolute atomic E-state index is 0.0165. The molecule has 0 aliphatic heterocycles. The molecule has 1 heterocycles. The average molecular weight is 456 g/mol. The summed E-state index contributed by atoms with van der Waals surface area (Å²) < 4.78 is 41.2. The van der Waals surface area contributed by atoms with Crippen molar-refractivity contribution in [2.45, 2.75) is 25.8 Å². The minimum Gasteiger partial charge on any atom is -0.406 e. The first-order valence-electron chi connectivity index (χ1n) is 9.70. The van der Waals surface area contributed by atoms with E-state index in [2.05, 4.69) is 20.0 Å². The first kappa shape index (κ1) is 23.7. The Morgan fingerprint density at radius 1 is 1.09 bits per heavy atom. The third kappa shape index (κ3) is 6.75. The van der Waals surface area contributed by atoms with Crippen LogP contribution >= 0.6 is 0 Å². The molecule has 1 amide bonds. The molecule has 7 nitrogen and oxygen atoms in total. The molecule has 0 radical (unpaired) electrons. The molecule has 2 N–H and O–H groups in total. The predicted molar refractivity (Wildman–Crippen MR) is 113 cm³/mol. The van der Waals surface area contributed by atoms with Crippen LogP contribution in [0.1, 0.15) is 29.9 Å². The summed E-state index contributed by atoms with van der Waals surface area (Å²) in [4.78, 5) is 21.4. The van der Waals surface area contributed by atoms with E-state index in [1.165, 1.54) is 32.0 Å². The summed E-state index contributed by atoms with van der Waals surface area (Å²) in [6, 6.07) is 14.9. The molecule has 0 unspecified atom stereocenters. The highest BCUT2D eigenvalue weighted by Gasteiger charge is 2.31. The average Bonchev–Trinajstić information content (AvgIpc) is 2.76. The number of benzene rings is 2. The van der Waals surface area contributed by atoms with E-state index < -0.39 is 23.6 Å². The van der Waals surface area contributed by atoms with Crippen LogP contribution in [0.15, 0.2) is 54.6 Å². The zero-order valence-electron chi connectivity index (χ0n) is 17.6. The van der Waals surface area contributed by atoms with Crippen LogP contribution in [0.3, 0.4) is 0 Å². The van der Waals surface area contributed by atoms with Crippen molar-refractivity contribution < 1.29 is 27.8 Å². The van der Waals surface area contributed by atoms with Crippen molar-refractivity contribution in [1.29, 1.82) is 5.26 Å². The van der Waals surface area contributed by atoms with Crippen molar-refractivity contribution in [3.63, 3.8) is 0 Å². The van der Waals surface area contributed by atoms with E-state index in [1.807, 2.05) is 6.07 Å². The van der Waals surface area contributed by atoms with E-state index in [0.717, 1.165) is 12.1 Å². The van der Waals surface area contributed by atoms with E-state index in [-0.39, 0.29) is 23.8 Å². The van der Waals surface area contributed by atoms with Gasteiger partial charge in [0.05, 0.1) is 22.9 Å². The number of nitrogens with one attached hydrogen (secondary N) is 1. The summed E-state index contributed by atoms with van der Waals surface area (Å²) in [6.07, 6.45) is -4.82. The Bertz CT molecular complexity index is 1200. The van der Waals surface area contributed by atoms with E-state index in [4.69, 9.17) is 5.26 Å². The Hall–Kier alpha value is -3.97. The van der Waals surface area contributed by atoms with E-state index >= 15 is 0 Å². The largest absolute Gasteiger partial charge is 0.573 e. The maximum Gasteiger partial charge on any atom is 0.573 e. The van der Waals surface area contributed by atoms with Crippen LogP contribution in [0.5, 0.6) is 5.75 Å². The van der Waals surface area contributed by atoms with Gasteiger partial charge in [0, 0.05) is 17.7 Å². The van der Waals surface area contributed by atoms with Gasteiger partial charge < -0.3 is 15.2 Å². The number of alkyl halides is 3. The quantitative estimate of drug-likeness (QED) is 0.579. The second-order valence-corrected chi connectivity index (χ2v) is 7.72. The van der Waals surface area contributed by atoms with Crippen molar-refractivity contribution in [2.75, 3.05) is 6.54 Å². The number of carbonyl (C=O) groups excluding carboxylic acids is 1. The van der Waals surface area contributed by atoms with Gasteiger partial charge in [-0.2, -0.15) is 5.26 Å². The lowest BCUT2D eigenvalue weighted by Crippen LogP contribution is -2.38. The summed E-state index contributed by atoms with van der Waals surface area (Å²) in [5.41, 5.74) is 0.365. The molecule has 0 bridgehead atoms. The standard InChI is InChI=1S/C23H19F3N4O3/c1-22(2,32)13-28-21(31)19-11-18(15-6-8-17(9-7-15)33-23(24,25)26)29-20(30-19)16-5-3-4-14(10-16)12-27/h3-11,32H,13H2,1-2H3,(H,28,31). The highest BCUT2D eigenvalue weighted by Crippen LogP contribution is 2.27. The molecular weight excluding hydrogens is 437 g/mol. The Morgan fingerprint density at radius 2 is 1.79 bits per heavy atom. The zero-order chi connectivity index (χ0) is 24.2. The summed E-state index contributed by atoms with van der Waals surface area (Å²) >= 11 is 0. The molecule has 0 aliphatic rings. The number of hydrogen-bond donors (Lipinski definition) is 2. The number of hydrogen-bond acceptors (Lipinski definition) is 6. The van der Waals surface area contributed by atoms with Gasteiger partial charge in [0.15, 0.2) is 5.82 Å². The molecule has 0 spiro atoms. The number of amides is 1. The smallest absolute Gasteiger partial charge is 0.406 e. The molecule has 3 aromatic rings. The summed E-state index contributed by atoms with van der Waals surface area (Å²) in [5.74, 6) is -0.825. The van der Waals surface area contributed by atoms with Crippen LogP contribution in [0, 0.1) is 11.3 Å². The minimum atomic E-state index is -4.82. The highest BCUT2D eigenvalue weighted by atomic mass is 19.4. The van der Waals surface area contributed by atoms with Crippen LogP contribution in [0.25, 0.3) is 22.6 Å². The molecule has 0 fully saturated rings. The summed E-state index contributed by atoms with van der Waals surface area (Å²) in [5, 5.41) is 21.6. The number of halogens is 3. The van der Waals surface area contributed by atoms with Gasteiger partial charge in [-0.3, -0.25) is 4.79 Å². The van der Waals surface area contributed by atoms with Gasteiger partial charge in [0.25, 0.3) is 5.91 Å². The van der Waals surface area contributed by atoms with Gasteiger partial charge in [-0.05, 0) is 56.3 Å². The SMILES string of the molecule is CC(C)(O)CNC(=O)c1cc(-c2ccc(OC(F)(F)F)cc2)nc(-c2cccc(C#N)c2)n1. The Morgan fingerprint density at radius 3 is 2.39 bits per heavy atom. The molecule has 0 saturated carbocycles. The number of aromatic nitrogens is 2. The lowest BCUT2D eigenvalue weighted by atomic mass is 10.1. The van der Waals surface area contributed by atoms with Gasteiger partial charge in [-0.25, -0.2) is 9.97 Å². The number of carbonyl (C=O) groups is 1. The molecule has 3 rings (SSSR count). The molecule has 170 valence electrons. The first-order chi connectivity index (χ1) is 15.4. The third-order valence-electron chi connectivity index (χ3n) is 4.27. The van der Waals surface area contributed by atoms with Crippen LogP contribution in [0.4, 0.5) is 13.2 Å². The first-order valence-corrected chi connectivity index (χ1v) is 9.70. The lowest BCUT2D eigenvalue weighted by molar-refractivity contribution is -0.274. The van der Waals surface area contributed by atoms with Crippen LogP contribution in [-0.2, 0) is 0 Å². The monoisotopic (exact) mass is 456 g/mol. The van der Waals surface area contributed by atoms with Crippen LogP contribution in [0.2, 0.25) is 0 Å². The Labute approximate surface area is 187 Å². The van der Waals surface area contributed by atoms with Gasteiger partial charge in [-0.15, -0.1) is 13.2 Å².